The van der Waals surface area contributed by atoms with Crippen molar-refractivity contribution in [3.05, 3.63) is 32.8 Å². The lowest BCUT2D eigenvalue weighted by Gasteiger charge is -2.22. The third-order valence-corrected chi connectivity index (χ3v) is 4.33. The smallest absolute Gasteiger partial charge is 0.270 e. The molecule has 1 saturated heterocycles. The number of non-ortho nitro benzene ring substituents is 1. The molecule has 0 saturated carbocycles. The largest absolute Gasteiger partial charge is 0.325 e. The number of amides is 1. The number of rotatable bonds is 5. The molecule has 0 bridgehead atoms. The molecular formula is C14H18BrN3O3. The van der Waals surface area contributed by atoms with E-state index in [2.05, 4.69) is 26.6 Å². The molecule has 6 nitrogen and oxygen atoms in total. The van der Waals surface area contributed by atoms with Gasteiger partial charge in [-0.15, -0.1) is 0 Å². The van der Waals surface area contributed by atoms with Crippen LogP contribution in [-0.2, 0) is 4.79 Å². The van der Waals surface area contributed by atoms with E-state index in [1.807, 2.05) is 0 Å². The number of carbonyl (C=O) groups is 1. The van der Waals surface area contributed by atoms with Gasteiger partial charge in [-0.3, -0.25) is 14.9 Å². The van der Waals surface area contributed by atoms with Crippen LogP contribution in [-0.4, -0.2) is 23.9 Å². The first-order valence-electron chi connectivity index (χ1n) is 7.01. The predicted octanol–water partition coefficient (Wildman–Crippen LogP) is 3.08. The minimum absolute atomic E-state index is 0.00502. The molecule has 1 aromatic rings. The van der Waals surface area contributed by atoms with Crippen LogP contribution in [0.1, 0.15) is 25.7 Å². The second-order valence-electron chi connectivity index (χ2n) is 5.20. The molecule has 0 unspecified atom stereocenters. The van der Waals surface area contributed by atoms with Crippen molar-refractivity contribution in [3.8, 4) is 0 Å². The van der Waals surface area contributed by atoms with Gasteiger partial charge < -0.3 is 10.6 Å². The van der Waals surface area contributed by atoms with Crippen molar-refractivity contribution in [2.75, 3.05) is 18.4 Å². The SMILES string of the molecule is O=C(CCC1CCNCC1)Nc1ccc([N+](=O)[O-])cc1Br. The van der Waals surface area contributed by atoms with Crippen molar-refractivity contribution in [3.63, 3.8) is 0 Å². The van der Waals surface area contributed by atoms with Gasteiger partial charge in [0.1, 0.15) is 0 Å². The molecule has 0 atom stereocenters. The van der Waals surface area contributed by atoms with Gasteiger partial charge in [0.15, 0.2) is 0 Å². The molecule has 1 fully saturated rings. The number of halogens is 1. The number of nitrogens with zero attached hydrogens (tertiary/aromatic N) is 1. The fourth-order valence-electron chi connectivity index (χ4n) is 2.44. The van der Waals surface area contributed by atoms with E-state index in [4.69, 9.17) is 0 Å². The summed E-state index contributed by atoms with van der Waals surface area (Å²) in [5.74, 6) is 0.556. The number of nitro benzene ring substituents is 1. The normalized spacial score (nSPS) is 15.7. The van der Waals surface area contributed by atoms with Crippen molar-refractivity contribution in [1.82, 2.24) is 5.32 Å². The summed E-state index contributed by atoms with van der Waals surface area (Å²) in [4.78, 5) is 22.1. The molecule has 0 radical (unpaired) electrons. The number of carbonyl (C=O) groups excluding carboxylic acids is 1. The number of piperidine rings is 1. The second kappa shape index (κ2) is 7.51. The van der Waals surface area contributed by atoms with Crippen LogP contribution in [0.2, 0.25) is 0 Å². The Morgan fingerprint density at radius 2 is 2.14 bits per heavy atom. The lowest BCUT2D eigenvalue weighted by Crippen LogP contribution is -2.28. The lowest BCUT2D eigenvalue weighted by molar-refractivity contribution is -0.384. The summed E-state index contributed by atoms with van der Waals surface area (Å²) in [6.07, 6.45) is 3.61. The monoisotopic (exact) mass is 355 g/mol. The average Bonchev–Trinajstić information content (AvgIpc) is 2.48. The highest BCUT2D eigenvalue weighted by Gasteiger charge is 2.15. The summed E-state index contributed by atoms with van der Waals surface area (Å²) >= 11 is 3.24. The molecule has 1 aromatic carbocycles. The van der Waals surface area contributed by atoms with Gasteiger partial charge in [0.05, 0.1) is 10.6 Å². The van der Waals surface area contributed by atoms with Crippen LogP contribution < -0.4 is 10.6 Å². The first-order chi connectivity index (χ1) is 10.1. The van der Waals surface area contributed by atoms with E-state index >= 15 is 0 Å². The molecule has 114 valence electrons. The Morgan fingerprint density at radius 1 is 1.43 bits per heavy atom. The van der Waals surface area contributed by atoms with E-state index in [-0.39, 0.29) is 11.6 Å². The Bertz CT molecular complexity index is 530. The summed E-state index contributed by atoms with van der Waals surface area (Å²) < 4.78 is 0.520. The molecule has 0 aromatic heterocycles. The third kappa shape index (κ3) is 4.78. The zero-order valence-corrected chi connectivity index (χ0v) is 13.2. The van der Waals surface area contributed by atoms with Crippen molar-refractivity contribution in [2.45, 2.75) is 25.7 Å². The molecular weight excluding hydrogens is 338 g/mol. The maximum atomic E-state index is 11.9. The fourth-order valence-corrected chi connectivity index (χ4v) is 2.90. The summed E-state index contributed by atoms with van der Waals surface area (Å²) in [5.41, 5.74) is 0.561. The average molecular weight is 356 g/mol. The highest BCUT2D eigenvalue weighted by molar-refractivity contribution is 9.10. The van der Waals surface area contributed by atoms with Crippen LogP contribution in [0, 0.1) is 16.0 Å². The molecule has 1 heterocycles. The zero-order valence-electron chi connectivity index (χ0n) is 11.6. The van der Waals surface area contributed by atoms with Gasteiger partial charge in [0.25, 0.3) is 5.69 Å². The van der Waals surface area contributed by atoms with Gasteiger partial charge >= 0.3 is 0 Å². The Labute approximate surface area is 131 Å². The van der Waals surface area contributed by atoms with E-state index in [0.717, 1.165) is 32.4 Å². The summed E-state index contributed by atoms with van der Waals surface area (Å²) in [6.45, 7) is 2.06. The van der Waals surface area contributed by atoms with E-state index < -0.39 is 4.92 Å². The summed E-state index contributed by atoms with van der Waals surface area (Å²) in [5, 5.41) is 16.8. The minimum atomic E-state index is -0.465. The van der Waals surface area contributed by atoms with Crippen LogP contribution in [0.3, 0.4) is 0 Å². The molecule has 7 heteroatoms. The summed E-state index contributed by atoms with van der Waals surface area (Å²) in [7, 11) is 0. The van der Waals surface area contributed by atoms with Gasteiger partial charge in [0.2, 0.25) is 5.91 Å². The van der Waals surface area contributed by atoms with Crippen molar-refractivity contribution >= 4 is 33.2 Å². The first kappa shape index (κ1) is 15.9. The molecule has 1 amide bonds. The topological polar surface area (TPSA) is 84.3 Å². The van der Waals surface area contributed by atoms with Crippen molar-refractivity contribution < 1.29 is 9.72 Å². The predicted molar refractivity (Wildman–Crippen MR) is 84.3 cm³/mol. The number of anilines is 1. The third-order valence-electron chi connectivity index (χ3n) is 3.68. The highest BCUT2D eigenvalue weighted by Crippen LogP contribution is 2.27. The Hall–Kier alpha value is -1.47. The van der Waals surface area contributed by atoms with Crippen LogP contribution in [0.25, 0.3) is 0 Å². The molecule has 0 spiro atoms. The first-order valence-corrected chi connectivity index (χ1v) is 7.80. The van der Waals surface area contributed by atoms with Gasteiger partial charge in [-0.1, -0.05) is 0 Å². The van der Waals surface area contributed by atoms with Crippen LogP contribution in [0.5, 0.6) is 0 Å². The quantitative estimate of drug-likeness (QED) is 0.627. The molecule has 2 N–H and O–H groups in total. The van der Waals surface area contributed by atoms with E-state index in [1.54, 1.807) is 6.07 Å². The number of nitro groups is 1. The maximum Gasteiger partial charge on any atom is 0.270 e. The molecule has 0 aliphatic carbocycles. The van der Waals surface area contributed by atoms with E-state index in [1.165, 1.54) is 12.1 Å². The van der Waals surface area contributed by atoms with Gasteiger partial charge in [-0.2, -0.15) is 0 Å². The van der Waals surface area contributed by atoms with Crippen LogP contribution >= 0.6 is 15.9 Å². The molecule has 21 heavy (non-hydrogen) atoms. The molecule has 2 rings (SSSR count). The summed E-state index contributed by atoms with van der Waals surface area (Å²) in [6, 6.07) is 4.32. The van der Waals surface area contributed by atoms with Crippen LogP contribution in [0.4, 0.5) is 11.4 Å². The lowest BCUT2D eigenvalue weighted by atomic mass is 9.93. The highest BCUT2D eigenvalue weighted by atomic mass is 79.9. The number of nitrogens with one attached hydrogen (secondary N) is 2. The Morgan fingerprint density at radius 3 is 2.76 bits per heavy atom. The Kier molecular flexibility index (Phi) is 5.69. The minimum Gasteiger partial charge on any atom is -0.325 e. The van der Waals surface area contributed by atoms with Crippen molar-refractivity contribution in [2.24, 2.45) is 5.92 Å². The fraction of sp³-hybridized carbons (Fsp3) is 0.500. The standard InChI is InChI=1S/C14H18BrN3O3/c15-12-9-11(18(20)21)2-3-13(12)17-14(19)4-1-10-5-7-16-8-6-10/h2-3,9-10,16H,1,4-8H2,(H,17,19). The number of benzene rings is 1. The van der Waals surface area contributed by atoms with E-state index in [0.29, 0.717) is 22.5 Å². The maximum absolute atomic E-state index is 11.9. The van der Waals surface area contributed by atoms with Gasteiger partial charge in [-0.05, 0) is 60.3 Å². The zero-order chi connectivity index (χ0) is 15.2. The number of hydrogen-bond donors (Lipinski definition) is 2. The molecule has 1 aliphatic rings. The van der Waals surface area contributed by atoms with Crippen LogP contribution in [0.15, 0.2) is 22.7 Å². The van der Waals surface area contributed by atoms with Crippen molar-refractivity contribution in [1.29, 1.82) is 0 Å². The molecule has 1 aliphatic heterocycles. The second-order valence-corrected chi connectivity index (χ2v) is 6.06. The number of hydrogen-bond acceptors (Lipinski definition) is 4. The Balaban J connectivity index is 1.85. The van der Waals surface area contributed by atoms with E-state index in [9.17, 15) is 14.9 Å². The van der Waals surface area contributed by atoms with Gasteiger partial charge in [-0.25, -0.2) is 0 Å². The van der Waals surface area contributed by atoms with Gasteiger partial charge in [0, 0.05) is 23.0 Å².